The molecule has 3 heterocycles. The van der Waals surface area contributed by atoms with Gasteiger partial charge in [-0.25, -0.2) is 0 Å². The highest BCUT2D eigenvalue weighted by Crippen LogP contribution is 2.45. The van der Waals surface area contributed by atoms with Crippen LogP contribution in [0.25, 0.3) is 115 Å². The van der Waals surface area contributed by atoms with Crippen molar-refractivity contribution in [3.05, 3.63) is 212 Å². The summed E-state index contributed by atoms with van der Waals surface area (Å²) in [6, 6.07) is 78.2. The van der Waals surface area contributed by atoms with Gasteiger partial charge < -0.3 is 13.7 Å². The SMILES string of the molecule is c1ccc(-n2c3ccccc3c3ccc(-c4c5ccccc5cc5c6ccccc6n(-c6ccc7c8ccccc8n(-c8ccc9ccccc9c8)c7c6)c45)cc32)cc1. The van der Waals surface area contributed by atoms with Crippen LogP contribution in [0.1, 0.15) is 0 Å². The van der Waals surface area contributed by atoms with Crippen LogP contribution in [-0.4, -0.2) is 13.7 Å². The molecular formula is C56H35N3. The van der Waals surface area contributed by atoms with Gasteiger partial charge in [0.05, 0.1) is 33.1 Å². The zero-order valence-electron chi connectivity index (χ0n) is 32.0. The van der Waals surface area contributed by atoms with Gasteiger partial charge in [0.25, 0.3) is 0 Å². The molecule has 3 aromatic heterocycles. The van der Waals surface area contributed by atoms with Crippen LogP contribution in [0.5, 0.6) is 0 Å². The summed E-state index contributed by atoms with van der Waals surface area (Å²) in [5, 5.41) is 12.4. The molecule has 0 unspecified atom stereocenters. The van der Waals surface area contributed by atoms with Crippen LogP contribution in [0.3, 0.4) is 0 Å². The van der Waals surface area contributed by atoms with E-state index in [1.54, 1.807) is 0 Å². The lowest BCUT2D eigenvalue weighted by molar-refractivity contribution is 1.16. The molecule has 13 aromatic rings. The summed E-state index contributed by atoms with van der Waals surface area (Å²) in [5.41, 5.74) is 13.0. The number of para-hydroxylation sites is 4. The Morgan fingerprint density at radius 2 is 0.729 bits per heavy atom. The first-order valence-electron chi connectivity index (χ1n) is 20.4. The first kappa shape index (κ1) is 32.2. The van der Waals surface area contributed by atoms with E-state index in [2.05, 4.69) is 226 Å². The standard InChI is InChI=1S/C56H35N3/c1-2-17-40(18-3-1)57-50-23-11-8-20-44(50)47-30-27-39(34-53(47)57)55-43-19-7-6-16-38(43)33-49-46-22-10-13-25-52(46)59(56(49)55)42-29-31-48-45-21-9-12-24-51(45)58(54(48)35-42)41-28-26-36-14-4-5-15-37(36)32-41/h1-35H. The van der Waals surface area contributed by atoms with Crippen molar-refractivity contribution in [3.63, 3.8) is 0 Å². The molecule has 13 rings (SSSR count). The summed E-state index contributed by atoms with van der Waals surface area (Å²) in [6.07, 6.45) is 0. The molecule has 3 heteroatoms. The molecule has 0 saturated heterocycles. The number of benzene rings is 10. The van der Waals surface area contributed by atoms with Gasteiger partial charge in [-0.15, -0.1) is 0 Å². The van der Waals surface area contributed by atoms with Crippen LogP contribution in [0.2, 0.25) is 0 Å². The normalized spacial score (nSPS) is 12.1. The van der Waals surface area contributed by atoms with E-state index in [1.165, 1.54) is 98.1 Å². The summed E-state index contributed by atoms with van der Waals surface area (Å²) in [6.45, 7) is 0. The van der Waals surface area contributed by atoms with Crippen molar-refractivity contribution < 1.29 is 0 Å². The molecule has 274 valence electrons. The van der Waals surface area contributed by atoms with E-state index in [0.29, 0.717) is 0 Å². The number of aromatic nitrogens is 3. The van der Waals surface area contributed by atoms with Crippen molar-refractivity contribution in [2.45, 2.75) is 0 Å². The van der Waals surface area contributed by atoms with Gasteiger partial charge in [-0.1, -0.05) is 146 Å². The quantitative estimate of drug-likeness (QED) is 0.170. The van der Waals surface area contributed by atoms with Crippen LogP contribution in [-0.2, 0) is 0 Å². The fraction of sp³-hybridized carbons (Fsp3) is 0. The minimum absolute atomic E-state index is 1.13. The molecule has 0 fully saturated rings. The number of hydrogen-bond donors (Lipinski definition) is 0. The van der Waals surface area contributed by atoms with Crippen LogP contribution in [0, 0.1) is 0 Å². The Bertz CT molecular complexity index is 3840. The van der Waals surface area contributed by atoms with Gasteiger partial charge in [0.1, 0.15) is 0 Å². The van der Waals surface area contributed by atoms with Crippen molar-refractivity contribution in [2.24, 2.45) is 0 Å². The maximum Gasteiger partial charge on any atom is 0.0625 e. The first-order chi connectivity index (χ1) is 29.3. The van der Waals surface area contributed by atoms with E-state index >= 15 is 0 Å². The Morgan fingerprint density at radius 3 is 1.46 bits per heavy atom. The lowest BCUT2D eigenvalue weighted by Gasteiger charge is -2.16. The zero-order valence-corrected chi connectivity index (χ0v) is 32.0. The van der Waals surface area contributed by atoms with Gasteiger partial charge in [0, 0.05) is 54.9 Å². The number of hydrogen-bond acceptors (Lipinski definition) is 0. The number of rotatable bonds is 4. The molecule has 0 aliphatic heterocycles. The molecule has 0 spiro atoms. The summed E-state index contributed by atoms with van der Waals surface area (Å²) in [5.74, 6) is 0. The molecule has 3 nitrogen and oxygen atoms in total. The van der Waals surface area contributed by atoms with Crippen molar-refractivity contribution >= 4 is 87.0 Å². The molecule has 0 aliphatic carbocycles. The fourth-order valence-electron chi connectivity index (χ4n) is 10.0. The molecule has 0 N–H and O–H groups in total. The molecule has 10 aromatic carbocycles. The van der Waals surface area contributed by atoms with E-state index in [1.807, 2.05) is 0 Å². The Kier molecular flexibility index (Phi) is 6.72. The zero-order chi connectivity index (χ0) is 38.6. The highest BCUT2D eigenvalue weighted by atomic mass is 15.0. The monoisotopic (exact) mass is 749 g/mol. The average molecular weight is 750 g/mol. The van der Waals surface area contributed by atoms with Gasteiger partial charge >= 0.3 is 0 Å². The third-order valence-corrected chi connectivity index (χ3v) is 12.6. The third kappa shape index (κ3) is 4.64. The molecule has 0 bridgehead atoms. The second-order valence-electron chi connectivity index (χ2n) is 15.7. The fourth-order valence-corrected chi connectivity index (χ4v) is 10.0. The van der Waals surface area contributed by atoms with Gasteiger partial charge in [-0.05, 0) is 93.8 Å². The maximum absolute atomic E-state index is 2.52. The summed E-state index contributed by atoms with van der Waals surface area (Å²) >= 11 is 0. The maximum atomic E-state index is 2.52. The van der Waals surface area contributed by atoms with E-state index in [0.717, 1.165) is 17.1 Å². The van der Waals surface area contributed by atoms with E-state index < -0.39 is 0 Å². The van der Waals surface area contributed by atoms with Crippen molar-refractivity contribution in [2.75, 3.05) is 0 Å². The largest absolute Gasteiger partial charge is 0.309 e. The van der Waals surface area contributed by atoms with E-state index in [4.69, 9.17) is 0 Å². The molecule has 0 saturated carbocycles. The van der Waals surface area contributed by atoms with E-state index in [-0.39, 0.29) is 0 Å². The predicted octanol–water partition coefficient (Wildman–Crippen LogP) is 15.0. The molecule has 0 aliphatic rings. The second-order valence-corrected chi connectivity index (χ2v) is 15.7. The number of fused-ring (bicyclic) bond motifs is 11. The minimum atomic E-state index is 1.13. The predicted molar refractivity (Wildman–Crippen MR) is 250 cm³/mol. The van der Waals surface area contributed by atoms with Gasteiger partial charge in [-0.3, -0.25) is 0 Å². The molecule has 0 atom stereocenters. The Balaban J connectivity index is 1.15. The van der Waals surface area contributed by atoms with Gasteiger partial charge in [-0.2, -0.15) is 0 Å². The van der Waals surface area contributed by atoms with Gasteiger partial charge in [0.15, 0.2) is 0 Å². The van der Waals surface area contributed by atoms with Crippen LogP contribution >= 0.6 is 0 Å². The molecule has 59 heavy (non-hydrogen) atoms. The number of nitrogens with zero attached hydrogens (tertiary/aromatic N) is 3. The average Bonchev–Trinajstić information content (AvgIpc) is 3.93. The first-order valence-corrected chi connectivity index (χ1v) is 20.4. The van der Waals surface area contributed by atoms with Crippen molar-refractivity contribution in [3.8, 4) is 28.2 Å². The van der Waals surface area contributed by atoms with Crippen LogP contribution in [0.15, 0.2) is 212 Å². The third-order valence-electron chi connectivity index (χ3n) is 12.6. The van der Waals surface area contributed by atoms with Crippen LogP contribution < -0.4 is 0 Å². The molecule has 0 amide bonds. The Morgan fingerprint density at radius 1 is 0.237 bits per heavy atom. The summed E-state index contributed by atoms with van der Waals surface area (Å²) in [7, 11) is 0. The second kappa shape index (κ2) is 12.3. The van der Waals surface area contributed by atoms with E-state index in [9.17, 15) is 0 Å². The Hall–Kier alpha value is -7.88. The molecular weight excluding hydrogens is 715 g/mol. The lowest BCUT2D eigenvalue weighted by atomic mass is 9.94. The van der Waals surface area contributed by atoms with Gasteiger partial charge in [0.2, 0.25) is 0 Å². The van der Waals surface area contributed by atoms with Crippen molar-refractivity contribution in [1.29, 1.82) is 0 Å². The molecule has 0 radical (unpaired) electrons. The summed E-state index contributed by atoms with van der Waals surface area (Å²) in [4.78, 5) is 0. The van der Waals surface area contributed by atoms with Crippen molar-refractivity contribution in [1.82, 2.24) is 13.7 Å². The van der Waals surface area contributed by atoms with Crippen LogP contribution in [0.4, 0.5) is 0 Å². The topological polar surface area (TPSA) is 14.8 Å². The Labute approximate surface area is 339 Å². The minimum Gasteiger partial charge on any atom is -0.309 e. The highest BCUT2D eigenvalue weighted by molar-refractivity contribution is 6.22. The highest BCUT2D eigenvalue weighted by Gasteiger charge is 2.22. The summed E-state index contributed by atoms with van der Waals surface area (Å²) < 4.78 is 7.39. The smallest absolute Gasteiger partial charge is 0.0625 e. The lowest BCUT2D eigenvalue weighted by Crippen LogP contribution is -1.98.